The van der Waals surface area contributed by atoms with Crippen LogP contribution in [0, 0.1) is 5.92 Å². The van der Waals surface area contributed by atoms with Crippen molar-refractivity contribution in [1.29, 1.82) is 0 Å². The van der Waals surface area contributed by atoms with Gasteiger partial charge in [0.2, 0.25) is 11.8 Å². The van der Waals surface area contributed by atoms with Gasteiger partial charge in [0.25, 0.3) is 5.91 Å². The predicted molar refractivity (Wildman–Crippen MR) is 126 cm³/mol. The maximum absolute atomic E-state index is 12.7. The average Bonchev–Trinajstić information content (AvgIpc) is 2.75. The lowest BCUT2D eigenvalue weighted by Crippen LogP contribution is -2.52. The molecule has 0 unspecified atom stereocenters. The van der Waals surface area contributed by atoms with Gasteiger partial charge in [-0.05, 0) is 49.3 Å². The van der Waals surface area contributed by atoms with E-state index in [0.29, 0.717) is 24.4 Å². The van der Waals surface area contributed by atoms with E-state index in [1.165, 1.54) is 5.56 Å². The molecule has 0 radical (unpaired) electrons. The molecule has 1 rings (SSSR count). The zero-order chi connectivity index (χ0) is 23.1. The Kier molecular flexibility index (Phi) is 13.3. The molecule has 1 aromatic carbocycles. The van der Waals surface area contributed by atoms with Crippen LogP contribution in [0.2, 0.25) is 0 Å². The van der Waals surface area contributed by atoms with Gasteiger partial charge >= 0.3 is 0 Å². The third-order valence-electron chi connectivity index (χ3n) is 5.19. The van der Waals surface area contributed by atoms with Crippen molar-refractivity contribution in [2.45, 2.75) is 85.1 Å². The fourth-order valence-electron chi connectivity index (χ4n) is 3.10. The Hall–Kier alpha value is -2.37. The van der Waals surface area contributed by atoms with Crippen molar-refractivity contribution in [3.63, 3.8) is 0 Å². The molecule has 0 saturated carbocycles. The van der Waals surface area contributed by atoms with Gasteiger partial charge in [-0.15, -0.1) is 0 Å². The van der Waals surface area contributed by atoms with Crippen molar-refractivity contribution in [3.8, 4) is 0 Å². The van der Waals surface area contributed by atoms with Crippen LogP contribution in [0.25, 0.3) is 0 Å². The quantitative estimate of drug-likeness (QED) is 0.367. The molecule has 0 aliphatic rings. The van der Waals surface area contributed by atoms with Crippen LogP contribution in [-0.2, 0) is 16.0 Å². The molecule has 3 N–H and O–H groups in total. The molecule has 0 aromatic heterocycles. The Balaban J connectivity index is 2.71. The van der Waals surface area contributed by atoms with Crippen LogP contribution in [-0.4, -0.2) is 36.9 Å². The third-order valence-corrected chi connectivity index (χ3v) is 5.19. The van der Waals surface area contributed by atoms with E-state index < -0.39 is 6.04 Å². The Morgan fingerprint density at radius 3 is 2.19 bits per heavy atom. The fourth-order valence-corrected chi connectivity index (χ4v) is 3.10. The zero-order valence-electron chi connectivity index (χ0n) is 19.8. The Labute approximate surface area is 187 Å². The minimum atomic E-state index is -0.811. The summed E-state index contributed by atoms with van der Waals surface area (Å²) < 4.78 is 0. The number of unbranched alkanes of at least 4 members (excludes halogenated alkanes) is 3. The van der Waals surface area contributed by atoms with Gasteiger partial charge in [-0.2, -0.15) is 0 Å². The van der Waals surface area contributed by atoms with Gasteiger partial charge in [0.15, 0.2) is 0 Å². The molecule has 1 aromatic rings. The lowest BCUT2D eigenvalue weighted by atomic mass is 10.1. The number of benzene rings is 1. The molecule has 0 spiro atoms. The van der Waals surface area contributed by atoms with E-state index >= 15 is 0 Å². The van der Waals surface area contributed by atoms with E-state index in [9.17, 15) is 14.4 Å². The van der Waals surface area contributed by atoms with Gasteiger partial charge in [0, 0.05) is 25.1 Å². The van der Waals surface area contributed by atoms with Crippen LogP contribution in [0.5, 0.6) is 0 Å². The first-order chi connectivity index (χ1) is 14.9. The standard InChI is InChI=1S/C25H41N3O3/c1-5-7-9-11-23(29)27-18-22(25(31)26-17-16-19(3)4)28-24(30)21-14-12-20(13-15-21)10-8-6-2/h12-15,19,22H,5-11,16-18H2,1-4H3,(H,26,31)(H,27,29)(H,28,30)/t22-/m0/s1. The van der Waals surface area contributed by atoms with Crippen LogP contribution >= 0.6 is 0 Å². The van der Waals surface area contributed by atoms with Gasteiger partial charge in [0.1, 0.15) is 6.04 Å². The lowest BCUT2D eigenvalue weighted by molar-refractivity contribution is -0.123. The van der Waals surface area contributed by atoms with Crippen molar-refractivity contribution in [3.05, 3.63) is 35.4 Å². The first kappa shape index (κ1) is 26.7. The number of hydrogen-bond acceptors (Lipinski definition) is 3. The summed E-state index contributed by atoms with van der Waals surface area (Å²) in [4.78, 5) is 37.5. The summed E-state index contributed by atoms with van der Waals surface area (Å²) in [5.41, 5.74) is 1.70. The smallest absolute Gasteiger partial charge is 0.251 e. The third kappa shape index (κ3) is 11.6. The first-order valence-corrected chi connectivity index (χ1v) is 11.8. The van der Waals surface area contributed by atoms with E-state index in [1.54, 1.807) is 12.1 Å². The second-order valence-electron chi connectivity index (χ2n) is 8.56. The van der Waals surface area contributed by atoms with Crippen molar-refractivity contribution in [2.24, 2.45) is 5.92 Å². The minimum Gasteiger partial charge on any atom is -0.354 e. The molecule has 6 heteroatoms. The van der Waals surface area contributed by atoms with E-state index in [-0.39, 0.29) is 24.3 Å². The van der Waals surface area contributed by atoms with Crippen LogP contribution < -0.4 is 16.0 Å². The molecule has 3 amide bonds. The predicted octanol–water partition coefficient (Wildman–Crippen LogP) is 3.99. The first-order valence-electron chi connectivity index (χ1n) is 11.8. The molecule has 0 aliphatic heterocycles. The number of carbonyl (C=O) groups excluding carboxylic acids is 3. The maximum atomic E-state index is 12.7. The van der Waals surface area contributed by atoms with Crippen LogP contribution in [0.4, 0.5) is 0 Å². The molecule has 6 nitrogen and oxygen atoms in total. The summed E-state index contributed by atoms with van der Waals surface area (Å²) in [6, 6.07) is 6.68. The highest BCUT2D eigenvalue weighted by atomic mass is 16.2. The summed E-state index contributed by atoms with van der Waals surface area (Å²) >= 11 is 0. The molecule has 0 aliphatic carbocycles. The highest BCUT2D eigenvalue weighted by molar-refractivity contribution is 5.97. The van der Waals surface area contributed by atoms with Crippen molar-refractivity contribution < 1.29 is 14.4 Å². The largest absolute Gasteiger partial charge is 0.354 e. The number of nitrogens with one attached hydrogen (secondary N) is 3. The molecular formula is C25H41N3O3. The lowest BCUT2D eigenvalue weighted by Gasteiger charge is -2.19. The summed E-state index contributed by atoms with van der Waals surface area (Å²) in [5.74, 6) is -0.213. The summed E-state index contributed by atoms with van der Waals surface area (Å²) in [6.07, 6.45) is 7.38. The summed E-state index contributed by atoms with van der Waals surface area (Å²) in [7, 11) is 0. The van der Waals surface area contributed by atoms with E-state index in [4.69, 9.17) is 0 Å². The number of rotatable bonds is 15. The Bertz CT molecular complexity index is 671. The van der Waals surface area contributed by atoms with Gasteiger partial charge in [-0.1, -0.05) is 59.1 Å². The molecule has 0 bridgehead atoms. The summed E-state index contributed by atoms with van der Waals surface area (Å²) in [5, 5.41) is 8.46. The maximum Gasteiger partial charge on any atom is 0.251 e. The van der Waals surface area contributed by atoms with Crippen LogP contribution in [0.3, 0.4) is 0 Å². The van der Waals surface area contributed by atoms with Gasteiger partial charge < -0.3 is 16.0 Å². The molecule has 0 heterocycles. The molecule has 0 saturated heterocycles. The molecule has 1 atom stereocenters. The molecule has 31 heavy (non-hydrogen) atoms. The van der Waals surface area contributed by atoms with Crippen molar-refractivity contribution >= 4 is 17.7 Å². The number of amides is 3. The van der Waals surface area contributed by atoms with Gasteiger partial charge in [-0.3, -0.25) is 14.4 Å². The van der Waals surface area contributed by atoms with Crippen molar-refractivity contribution in [1.82, 2.24) is 16.0 Å². The number of hydrogen-bond donors (Lipinski definition) is 3. The van der Waals surface area contributed by atoms with Gasteiger partial charge in [0.05, 0.1) is 0 Å². The van der Waals surface area contributed by atoms with E-state index in [2.05, 4.69) is 43.6 Å². The second-order valence-corrected chi connectivity index (χ2v) is 8.56. The highest BCUT2D eigenvalue weighted by Crippen LogP contribution is 2.08. The molecular weight excluding hydrogens is 390 g/mol. The second kappa shape index (κ2) is 15.4. The van der Waals surface area contributed by atoms with Crippen LogP contribution in [0.15, 0.2) is 24.3 Å². The topological polar surface area (TPSA) is 87.3 Å². The van der Waals surface area contributed by atoms with Gasteiger partial charge in [-0.25, -0.2) is 0 Å². The summed E-state index contributed by atoms with van der Waals surface area (Å²) in [6.45, 7) is 9.04. The van der Waals surface area contributed by atoms with E-state index in [0.717, 1.165) is 44.9 Å². The Morgan fingerprint density at radius 1 is 0.903 bits per heavy atom. The average molecular weight is 432 g/mol. The molecule has 0 fully saturated rings. The minimum absolute atomic E-state index is 0.0821. The van der Waals surface area contributed by atoms with Crippen LogP contribution in [0.1, 0.15) is 88.6 Å². The van der Waals surface area contributed by atoms with E-state index in [1.807, 2.05) is 12.1 Å². The zero-order valence-corrected chi connectivity index (χ0v) is 19.8. The Morgan fingerprint density at radius 2 is 1.58 bits per heavy atom. The highest BCUT2D eigenvalue weighted by Gasteiger charge is 2.22. The normalized spacial score (nSPS) is 11.8. The SMILES string of the molecule is CCCCCC(=O)NC[C@H](NC(=O)c1ccc(CCCC)cc1)C(=O)NCCC(C)C. The van der Waals surface area contributed by atoms with Crippen molar-refractivity contribution in [2.75, 3.05) is 13.1 Å². The molecule has 174 valence electrons. The number of carbonyl (C=O) groups is 3. The fraction of sp³-hybridized carbons (Fsp3) is 0.640. The monoisotopic (exact) mass is 431 g/mol. The number of aryl methyl sites for hydroxylation is 1.